The van der Waals surface area contributed by atoms with E-state index in [0.29, 0.717) is 17.7 Å². The number of carbonyl (C=O) groups is 1. The van der Waals surface area contributed by atoms with E-state index in [9.17, 15) is 4.79 Å². The number of carbonyl (C=O) groups excluding carboxylic acids is 1. The molecular formula is C20H31N6O2+. The minimum absolute atomic E-state index is 0.0137. The highest BCUT2D eigenvalue weighted by Gasteiger charge is 2.36. The second-order valence-electron chi connectivity index (χ2n) is 8.53. The number of nitrogens with one attached hydrogen (secondary N) is 1. The Labute approximate surface area is 165 Å². The Morgan fingerprint density at radius 1 is 1.29 bits per heavy atom. The van der Waals surface area contributed by atoms with Gasteiger partial charge in [0.15, 0.2) is 5.76 Å². The lowest BCUT2D eigenvalue weighted by Crippen LogP contribution is -3.15. The van der Waals surface area contributed by atoms with Gasteiger partial charge < -0.3 is 14.2 Å². The molecule has 0 spiro atoms. The van der Waals surface area contributed by atoms with E-state index < -0.39 is 0 Å². The van der Waals surface area contributed by atoms with Gasteiger partial charge in [0.25, 0.3) is 5.91 Å². The Kier molecular flexibility index (Phi) is 5.75. The monoisotopic (exact) mass is 387 g/mol. The van der Waals surface area contributed by atoms with E-state index in [0.717, 1.165) is 38.4 Å². The summed E-state index contributed by atoms with van der Waals surface area (Å²) < 4.78 is 7.38. The summed E-state index contributed by atoms with van der Waals surface area (Å²) in [5.41, 5.74) is 0. The van der Waals surface area contributed by atoms with Gasteiger partial charge in [-0.15, -0.1) is 5.10 Å². The smallest absolute Gasteiger partial charge is 0.289 e. The van der Waals surface area contributed by atoms with Crippen LogP contribution in [0.1, 0.15) is 74.4 Å². The van der Waals surface area contributed by atoms with Crippen LogP contribution in [-0.2, 0) is 0 Å². The standard InChI is InChI=1S/C20H30N6O2/c1-15(2)14-17(19-21-22-23-26(19)16-6-3-4-7-16)24-9-11-25(12-10-24)20(27)18-8-5-13-28-18/h5,8,13,15-17H,3-4,6-7,9-12,14H2,1-2H3/p+1/t17-/m0/s1. The highest BCUT2D eigenvalue weighted by atomic mass is 16.3. The van der Waals surface area contributed by atoms with Crippen LogP contribution in [0.2, 0.25) is 0 Å². The molecule has 1 saturated heterocycles. The van der Waals surface area contributed by atoms with Crippen LogP contribution in [0.4, 0.5) is 0 Å². The molecule has 1 amide bonds. The number of hydrogen-bond donors (Lipinski definition) is 1. The van der Waals surface area contributed by atoms with Crippen LogP contribution in [0.15, 0.2) is 22.8 Å². The van der Waals surface area contributed by atoms with E-state index in [2.05, 4.69) is 34.1 Å². The van der Waals surface area contributed by atoms with Crippen LogP contribution in [0.3, 0.4) is 0 Å². The van der Waals surface area contributed by atoms with Crippen molar-refractivity contribution in [2.45, 2.75) is 58.0 Å². The summed E-state index contributed by atoms with van der Waals surface area (Å²) in [4.78, 5) is 15.9. The number of amides is 1. The van der Waals surface area contributed by atoms with E-state index in [1.807, 2.05) is 4.90 Å². The molecule has 0 radical (unpaired) electrons. The van der Waals surface area contributed by atoms with Gasteiger partial charge in [-0.25, -0.2) is 4.68 Å². The maximum Gasteiger partial charge on any atom is 0.289 e. The average molecular weight is 388 g/mol. The number of hydrogen-bond acceptors (Lipinski definition) is 5. The first-order chi connectivity index (χ1) is 13.6. The van der Waals surface area contributed by atoms with E-state index >= 15 is 0 Å². The molecule has 28 heavy (non-hydrogen) atoms. The van der Waals surface area contributed by atoms with Gasteiger partial charge in [0, 0.05) is 6.42 Å². The average Bonchev–Trinajstić information content (AvgIpc) is 3.47. The molecule has 2 aliphatic rings. The molecule has 4 rings (SSSR count). The topological polar surface area (TPSA) is 81.5 Å². The fraction of sp³-hybridized carbons (Fsp3) is 0.700. The molecule has 1 N–H and O–H groups in total. The zero-order chi connectivity index (χ0) is 19.5. The van der Waals surface area contributed by atoms with E-state index in [-0.39, 0.29) is 11.9 Å². The first-order valence-corrected chi connectivity index (χ1v) is 10.6. The van der Waals surface area contributed by atoms with Gasteiger partial charge in [-0.2, -0.15) is 0 Å². The first kappa shape index (κ1) is 19.1. The van der Waals surface area contributed by atoms with Gasteiger partial charge >= 0.3 is 0 Å². The van der Waals surface area contributed by atoms with Crippen LogP contribution in [0.25, 0.3) is 0 Å². The molecule has 2 fully saturated rings. The molecule has 8 nitrogen and oxygen atoms in total. The molecule has 152 valence electrons. The van der Waals surface area contributed by atoms with Crippen molar-refractivity contribution in [3.05, 3.63) is 30.0 Å². The van der Waals surface area contributed by atoms with E-state index in [4.69, 9.17) is 4.42 Å². The predicted molar refractivity (Wildman–Crippen MR) is 103 cm³/mol. The number of rotatable bonds is 6. The minimum atomic E-state index is -0.0137. The maximum atomic E-state index is 12.6. The summed E-state index contributed by atoms with van der Waals surface area (Å²) in [6.45, 7) is 7.78. The van der Waals surface area contributed by atoms with Crippen molar-refractivity contribution in [1.82, 2.24) is 25.1 Å². The SMILES string of the molecule is CC(C)C[C@@H](c1nnnn1C1CCCC1)[NH+]1CCN(C(=O)c2ccco2)CC1. The molecule has 1 aliphatic carbocycles. The summed E-state index contributed by atoms with van der Waals surface area (Å²) >= 11 is 0. The quantitative estimate of drug-likeness (QED) is 0.813. The second-order valence-corrected chi connectivity index (χ2v) is 8.53. The fourth-order valence-corrected chi connectivity index (χ4v) is 4.67. The number of tetrazole rings is 1. The van der Waals surface area contributed by atoms with Crippen LogP contribution < -0.4 is 4.90 Å². The Morgan fingerprint density at radius 3 is 2.68 bits per heavy atom. The highest BCUT2D eigenvalue weighted by Crippen LogP contribution is 2.31. The highest BCUT2D eigenvalue weighted by molar-refractivity contribution is 5.91. The van der Waals surface area contributed by atoms with Crippen molar-refractivity contribution >= 4 is 5.91 Å². The lowest BCUT2D eigenvalue weighted by molar-refractivity contribution is -0.937. The molecule has 2 aromatic rings. The van der Waals surface area contributed by atoms with Gasteiger partial charge in [0.05, 0.1) is 38.5 Å². The second kappa shape index (κ2) is 8.43. The Hall–Kier alpha value is -2.22. The molecular weight excluding hydrogens is 356 g/mol. The third-order valence-corrected chi connectivity index (χ3v) is 6.13. The molecule has 1 aliphatic heterocycles. The summed E-state index contributed by atoms with van der Waals surface area (Å²) in [5.74, 6) is 2.00. The first-order valence-electron chi connectivity index (χ1n) is 10.6. The van der Waals surface area contributed by atoms with E-state index in [1.54, 1.807) is 18.4 Å². The zero-order valence-electron chi connectivity index (χ0n) is 16.9. The molecule has 1 saturated carbocycles. The van der Waals surface area contributed by atoms with Crippen LogP contribution in [-0.4, -0.2) is 57.2 Å². The lowest BCUT2D eigenvalue weighted by atomic mass is 10.0. The molecule has 0 aromatic carbocycles. The van der Waals surface area contributed by atoms with Crippen molar-refractivity contribution in [1.29, 1.82) is 0 Å². The lowest BCUT2D eigenvalue weighted by Gasteiger charge is -2.36. The summed E-state index contributed by atoms with van der Waals surface area (Å²) in [5, 5.41) is 12.9. The number of piperazine rings is 1. The number of nitrogens with zero attached hydrogens (tertiary/aromatic N) is 5. The van der Waals surface area contributed by atoms with Crippen molar-refractivity contribution in [2.24, 2.45) is 5.92 Å². The molecule has 3 heterocycles. The van der Waals surface area contributed by atoms with Gasteiger partial charge in [-0.3, -0.25) is 4.79 Å². The van der Waals surface area contributed by atoms with Crippen molar-refractivity contribution in [2.75, 3.05) is 26.2 Å². The molecule has 0 unspecified atom stereocenters. The Bertz CT molecular complexity index is 758. The van der Waals surface area contributed by atoms with Crippen molar-refractivity contribution in [3.63, 3.8) is 0 Å². The molecule has 1 atom stereocenters. The normalized spacial score (nSPS) is 20.2. The summed E-state index contributed by atoms with van der Waals surface area (Å²) in [6, 6.07) is 4.21. The number of quaternary nitrogens is 1. The minimum Gasteiger partial charge on any atom is -0.459 e. The largest absolute Gasteiger partial charge is 0.459 e. The van der Waals surface area contributed by atoms with Gasteiger partial charge in [-0.05, 0) is 41.3 Å². The molecule has 2 aromatic heterocycles. The van der Waals surface area contributed by atoms with Gasteiger partial charge in [0.2, 0.25) is 5.82 Å². The van der Waals surface area contributed by atoms with Crippen molar-refractivity contribution < 1.29 is 14.1 Å². The number of furan rings is 1. The third kappa shape index (κ3) is 3.97. The van der Waals surface area contributed by atoms with Crippen molar-refractivity contribution in [3.8, 4) is 0 Å². The Morgan fingerprint density at radius 2 is 2.04 bits per heavy atom. The molecule has 0 bridgehead atoms. The third-order valence-electron chi connectivity index (χ3n) is 6.13. The van der Waals surface area contributed by atoms with Crippen LogP contribution in [0, 0.1) is 5.92 Å². The summed E-state index contributed by atoms with van der Waals surface area (Å²) in [7, 11) is 0. The zero-order valence-corrected chi connectivity index (χ0v) is 16.9. The van der Waals surface area contributed by atoms with Crippen LogP contribution in [0.5, 0.6) is 0 Å². The predicted octanol–water partition coefficient (Wildman–Crippen LogP) is 1.51. The number of aromatic nitrogens is 4. The van der Waals surface area contributed by atoms with Gasteiger partial charge in [-0.1, -0.05) is 26.7 Å². The fourth-order valence-electron chi connectivity index (χ4n) is 4.67. The van der Waals surface area contributed by atoms with Crippen LogP contribution >= 0.6 is 0 Å². The summed E-state index contributed by atoms with van der Waals surface area (Å²) in [6.07, 6.45) is 7.48. The van der Waals surface area contributed by atoms with Gasteiger partial charge in [0.1, 0.15) is 6.04 Å². The molecule has 8 heteroatoms. The Balaban J connectivity index is 1.47. The maximum absolute atomic E-state index is 12.6. The van der Waals surface area contributed by atoms with E-state index in [1.165, 1.54) is 30.6 Å².